The second-order valence-corrected chi connectivity index (χ2v) is 5.79. The Kier molecular flexibility index (Phi) is 4.79. The highest BCUT2D eigenvalue weighted by molar-refractivity contribution is 5.97. The van der Waals surface area contributed by atoms with Gasteiger partial charge in [0.25, 0.3) is 5.91 Å². The van der Waals surface area contributed by atoms with Crippen molar-refractivity contribution < 1.29 is 9.59 Å². The molecule has 0 spiro atoms. The maximum atomic E-state index is 12.3. The zero-order valence-electron chi connectivity index (χ0n) is 13.7. The Labute approximate surface area is 141 Å². The minimum Gasteiger partial charge on any atom is -0.362 e. The van der Waals surface area contributed by atoms with Gasteiger partial charge in [0, 0.05) is 30.0 Å². The molecule has 2 amide bonds. The van der Waals surface area contributed by atoms with E-state index in [1.165, 1.54) is 5.56 Å². The molecule has 0 radical (unpaired) electrons. The third kappa shape index (κ3) is 3.56. The molecule has 0 aliphatic carbocycles. The highest BCUT2D eigenvalue weighted by atomic mass is 16.2. The summed E-state index contributed by atoms with van der Waals surface area (Å²) in [6.07, 6.45) is 0.977. The predicted molar refractivity (Wildman–Crippen MR) is 95.4 cm³/mol. The van der Waals surface area contributed by atoms with Crippen molar-refractivity contribution in [3.8, 4) is 0 Å². The fourth-order valence-corrected chi connectivity index (χ4v) is 2.91. The van der Waals surface area contributed by atoms with Crippen molar-refractivity contribution in [1.29, 1.82) is 0 Å². The molecule has 5 heteroatoms. The summed E-state index contributed by atoms with van der Waals surface area (Å²) in [5.74, 6) is -0.165. The fourth-order valence-electron chi connectivity index (χ4n) is 2.91. The van der Waals surface area contributed by atoms with Crippen molar-refractivity contribution in [2.75, 3.05) is 29.9 Å². The number of nitrogens with zero attached hydrogens (tertiary/aromatic N) is 1. The van der Waals surface area contributed by atoms with Gasteiger partial charge in [0.05, 0.1) is 6.54 Å². The molecule has 24 heavy (non-hydrogen) atoms. The summed E-state index contributed by atoms with van der Waals surface area (Å²) in [7, 11) is 0. The number of rotatable bonds is 5. The van der Waals surface area contributed by atoms with Crippen LogP contribution in [-0.2, 0) is 11.2 Å². The number of fused-ring (bicyclic) bond motifs is 1. The summed E-state index contributed by atoms with van der Waals surface area (Å²) in [5, 5.41) is 5.63. The molecule has 1 heterocycles. The van der Waals surface area contributed by atoms with Gasteiger partial charge in [0.1, 0.15) is 0 Å². The zero-order chi connectivity index (χ0) is 16.9. The number of anilines is 2. The molecular formula is C19H21N3O2. The molecule has 2 aromatic rings. The highest BCUT2D eigenvalue weighted by Crippen LogP contribution is 2.26. The van der Waals surface area contributed by atoms with Gasteiger partial charge in [-0.1, -0.05) is 18.2 Å². The summed E-state index contributed by atoms with van der Waals surface area (Å²) >= 11 is 0. The van der Waals surface area contributed by atoms with Gasteiger partial charge in [0.2, 0.25) is 5.91 Å². The van der Waals surface area contributed by atoms with Crippen LogP contribution in [-0.4, -0.2) is 31.4 Å². The van der Waals surface area contributed by atoms with Gasteiger partial charge in [0.15, 0.2) is 0 Å². The maximum Gasteiger partial charge on any atom is 0.251 e. The molecule has 0 bridgehead atoms. The van der Waals surface area contributed by atoms with Crippen LogP contribution in [0.2, 0.25) is 0 Å². The Balaban J connectivity index is 1.59. The monoisotopic (exact) mass is 323 g/mol. The third-order valence-corrected chi connectivity index (χ3v) is 4.09. The Morgan fingerprint density at radius 1 is 1.08 bits per heavy atom. The van der Waals surface area contributed by atoms with Crippen LogP contribution < -0.4 is 15.5 Å². The summed E-state index contributed by atoms with van der Waals surface area (Å²) in [5.41, 5.74) is 3.71. The molecule has 0 atom stereocenters. The Hall–Kier alpha value is -2.82. The van der Waals surface area contributed by atoms with Crippen LogP contribution in [0.5, 0.6) is 0 Å². The standard InChI is InChI=1S/C19H21N3O2/c1-2-20-19(24)15-7-9-16(10-8-15)21-18(23)13-22-12-11-14-5-3-4-6-17(14)22/h3-10H,2,11-13H2,1H3,(H,20,24)(H,21,23). The van der Waals surface area contributed by atoms with E-state index in [2.05, 4.69) is 27.7 Å². The van der Waals surface area contributed by atoms with Crippen LogP contribution in [0.25, 0.3) is 0 Å². The zero-order valence-corrected chi connectivity index (χ0v) is 13.7. The molecule has 0 unspecified atom stereocenters. The van der Waals surface area contributed by atoms with Gasteiger partial charge < -0.3 is 15.5 Å². The molecule has 1 aliphatic rings. The molecule has 2 N–H and O–H groups in total. The van der Waals surface area contributed by atoms with E-state index in [9.17, 15) is 9.59 Å². The molecule has 5 nitrogen and oxygen atoms in total. The molecule has 0 aromatic heterocycles. The average molecular weight is 323 g/mol. The Morgan fingerprint density at radius 2 is 1.83 bits per heavy atom. The number of nitrogens with one attached hydrogen (secondary N) is 2. The number of amides is 2. The first kappa shape index (κ1) is 16.1. The molecule has 2 aromatic carbocycles. The van der Waals surface area contributed by atoms with Gasteiger partial charge in [-0.2, -0.15) is 0 Å². The van der Waals surface area contributed by atoms with Gasteiger partial charge in [-0.3, -0.25) is 9.59 Å². The van der Waals surface area contributed by atoms with Crippen molar-refractivity contribution in [2.45, 2.75) is 13.3 Å². The van der Waals surface area contributed by atoms with E-state index < -0.39 is 0 Å². The van der Waals surface area contributed by atoms with Crippen LogP contribution in [0.15, 0.2) is 48.5 Å². The summed E-state index contributed by atoms with van der Waals surface area (Å²) in [6.45, 7) is 3.66. The SMILES string of the molecule is CCNC(=O)c1ccc(NC(=O)CN2CCc3ccccc32)cc1. The fraction of sp³-hybridized carbons (Fsp3) is 0.263. The number of para-hydroxylation sites is 1. The van der Waals surface area contributed by atoms with E-state index in [1.807, 2.05) is 19.1 Å². The van der Waals surface area contributed by atoms with Gasteiger partial charge in [-0.05, 0) is 49.2 Å². The first-order chi connectivity index (χ1) is 11.7. The smallest absolute Gasteiger partial charge is 0.251 e. The Bertz CT molecular complexity index is 741. The van der Waals surface area contributed by atoms with Crippen LogP contribution in [0, 0.1) is 0 Å². The quantitative estimate of drug-likeness (QED) is 0.888. The lowest BCUT2D eigenvalue weighted by Crippen LogP contribution is -2.31. The highest BCUT2D eigenvalue weighted by Gasteiger charge is 2.20. The van der Waals surface area contributed by atoms with Crippen molar-refractivity contribution in [1.82, 2.24) is 5.32 Å². The van der Waals surface area contributed by atoms with E-state index in [4.69, 9.17) is 0 Å². The number of benzene rings is 2. The van der Waals surface area contributed by atoms with Crippen LogP contribution >= 0.6 is 0 Å². The second kappa shape index (κ2) is 7.17. The second-order valence-electron chi connectivity index (χ2n) is 5.79. The number of hydrogen-bond donors (Lipinski definition) is 2. The van der Waals surface area contributed by atoms with Crippen molar-refractivity contribution in [3.05, 3.63) is 59.7 Å². The normalized spacial score (nSPS) is 12.6. The summed E-state index contributed by atoms with van der Waals surface area (Å²) in [4.78, 5) is 26.1. The lowest BCUT2D eigenvalue weighted by molar-refractivity contribution is -0.115. The number of carbonyl (C=O) groups excluding carboxylic acids is 2. The lowest BCUT2D eigenvalue weighted by atomic mass is 10.2. The van der Waals surface area contributed by atoms with E-state index in [1.54, 1.807) is 24.3 Å². The minimum atomic E-state index is -0.107. The van der Waals surface area contributed by atoms with Crippen LogP contribution in [0.4, 0.5) is 11.4 Å². The van der Waals surface area contributed by atoms with Crippen molar-refractivity contribution in [2.24, 2.45) is 0 Å². The van der Waals surface area contributed by atoms with Crippen molar-refractivity contribution >= 4 is 23.2 Å². The summed E-state index contributed by atoms with van der Waals surface area (Å²) in [6, 6.07) is 15.1. The maximum absolute atomic E-state index is 12.3. The molecule has 0 fully saturated rings. The van der Waals surface area contributed by atoms with Gasteiger partial charge in [-0.25, -0.2) is 0 Å². The van der Waals surface area contributed by atoms with E-state index in [-0.39, 0.29) is 11.8 Å². The van der Waals surface area contributed by atoms with E-state index >= 15 is 0 Å². The minimum absolute atomic E-state index is 0.0579. The topological polar surface area (TPSA) is 61.4 Å². The van der Waals surface area contributed by atoms with Crippen LogP contribution in [0.1, 0.15) is 22.8 Å². The lowest BCUT2D eigenvalue weighted by Gasteiger charge is -2.18. The molecular weight excluding hydrogens is 302 g/mol. The molecule has 1 aliphatic heterocycles. The van der Waals surface area contributed by atoms with Crippen LogP contribution in [0.3, 0.4) is 0 Å². The largest absolute Gasteiger partial charge is 0.362 e. The Morgan fingerprint density at radius 3 is 2.58 bits per heavy atom. The van der Waals surface area contributed by atoms with Crippen molar-refractivity contribution in [3.63, 3.8) is 0 Å². The molecule has 3 rings (SSSR count). The predicted octanol–water partition coefficient (Wildman–Crippen LogP) is 2.44. The molecule has 124 valence electrons. The summed E-state index contributed by atoms with van der Waals surface area (Å²) < 4.78 is 0. The molecule has 0 saturated carbocycles. The molecule has 0 saturated heterocycles. The van der Waals surface area contributed by atoms with E-state index in [0.29, 0.717) is 24.3 Å². The average Bonchev–Trinajstić information content (AvgIpc) is 2.99. The number of hydrogen-bond acceptors (Lipinski definition) is 3. The first-order valence-electron chi connectivity index (χ1n) is 8.18. The first-order valence-corrected chi connectivity index (χ1v) is 8.18. The third-order valence-electron chi connectivity index (χ3n) is 4.09. The number of carbonyl (C=O) groups is 2. The van der Waals surface area contributed by atoms with E-state index in [0.717, 1.165) is 18.7 Å². The van der Waals surface area contributed by atoms with Gasteiger partial charge >= 0.3 is 0 Å². The van der Waals surface area contributed by atoms with Gasteiger partial charge in [-0.15, -0.1) is 0 Å².